The van der Waals surface area contributed by atoms with E-state index in [2.05, 4.69) is 26.0 Å². The highest BCUT2D eigenvalue weighted by atomic mass is 32.2. The van der Waals surface area contributed by atoms with Gasteiger partial charge in [0, 0.05) is 17.1 Å². The monoisotopic (exact) mass is 484 g/mol. The van der Waals surface area contributed by atoms with Crippen LogP contribution in [0, 0.1) is 12.3 Å². The van der Waals surface area contributed by atoms with E-state index in [1.54, 1.807) is 0 Å². The summed E-state index contributed by atoms with van der Waals surface area (Å²) in [4.78, 5) is 12.3. The zero-order valence-corrected chi connectivity index (χ0v) is 22.1. The summed E-state index contributed by atoms with van der Waals surface area (Å²) in [6.07, 6.45) is 2.91. The van der Waals surface area contributed by atoms with Crippen molar-refractivity contribution < 1.29 is 22.4 Å². The van der Waals surface area contributed by atoms with Crippen LogP contribution in [0.3, 0.4) is 0 Å². The lowest BCUT2D eigenvalue weighted by atomic mass is 9.73. The Labute approximate surface area is 203 Å². The van der Waals surface area contributed by atoms with Crippen molar-refractivity contribution in [2.45, 2.75) is 65.6 Å². The molecule has 0 radical (unpaired) electrons. The van der Waals surface area contributed by atoms with Crippen LogP contribution in [0.4, 0.5) is 0 Å². The Kier molecular flexibility index (Phi) is 7.32. The molecule has 0 N–H and O–H groups in total. The van der Waals surface area contributed by atoms with Crippen LogP contribution in [0.15, 0.2) is 46.9 Å². The average Bonchev–Trinajstić information content (AvgIpc) is 3.16. The molecule has 3 aromatic rings. The van der Waals surface area contributed by atoms with Crippen molar-refractivity contribution >= 4 is 26.6 Å². The molecule has 0 amide bonds. The van der Waals surface area contributed by atoms with Gasteiger partial charge in [-0.2, -0.15) is 0 Å². The van der Waals surface area contributed by atoms with E-state index in [9.17, 15) is 13.2 Å². The van der Waals surface area contributed by atoms with E-state index in [0.717, 1.165) is 46.3 Å². The zero-order valence-electron chi connectivity index (χ0n) is 21.3. The minimum atomic E-state index is -3.11. The number of hydrogen-bond acceptors (Lipinski definition) is 5. The summed E-state index contributed by atoms with van der Waals surface area (Å²) in [6, 6.07) is 13.7. The minimum Gasteiger partial charge on any atom is -0.486 e. The molecule has 0 atom stereocenters. The molecule has 2 aromatic carbocycles. The molecule has 0 saturated carbocycles. The number of benzene rings is 2. The summed E-state index contributed by atoms with van der Waals surface area (Å²) in [6.45, 7) is 12.0. The molecule has 3 rings (SSSR count). The summed E-state index contributed by atoms with van der Waals surface area (Å²) in [5.41, 5.74) is 2.83. The van der Waals surface area contributed by atoms with E-state index >= 15 is 0 Å². The Hall–Kier alpha value is -2.60. The first-order valence-corrected chi connectivity index (χ1v) is 13.8. The smallest absolute Gasteiger partial charge is 0.175 e. The van der Waals surface area contributed by atoms with Crippen LogP contribution in [-0.2, 0) is 25.8 Å². The van der Waals surface area contributed by atoms with Crippen LogP contribution >= 0.6 is 0 Å². The Bertz CT molecular complexity index is 1290. The van der Waals surface area contributed by atoms with Crippen molar-refractivity contribution in [2.75, 3.05) is 12.9 Å². The molecule has 0 spiro atoms. The van der Waals surface area contributed by atoms with E-state index in [1.165, 1.54) is 6.26 Å². The lowest BCUT2D eigenvalue weighted by Gasteiger charge is -2.31. The summed E-state index contributed by atoms with van der Waals surface area (Å²) in [5, 5.41) is 0.903. The number of sulfone groups is 1. The van der Waals surface area contributed by atoms with E-state index in [0.29, 0.717) is 5.75 Å². The van der Waals surface area contributed by atoms with Gasteiger partial charge in [0.1, 0.15) is 23.7 Å². The second-order valence-corrected chi connectivity index (χ2v) is 12.4. The second kappa shape index (κ2) is 9.57. The van der Waals surface area contributed by atoms with Crippen LogP contribution in [0.2, 0.25) is 0 Å². The largest absolute Gasteiger partial charge is 0.486 e. The Morgan fingerprint density at radius 1 is 1.00 bits per heavy atom. The molecule has 5 nitrogen and oxygen atoms in total. The molecule has 0 aliphatic rings. The van der Waals surface area contributed by atoms with Crippen molar-refractivity contribution in [3.63, 3.8) is 0 Å². The van der Waals surface area contributed by atoms with E-state index in [-0.39, 0.29) is 23.6 Å². The molecule has 184 valence electrons. The van der Waals surface area contributed by atoms with Crippen LogP contribution < -0.4 is 4.74 Å². The van der Waals surface area contributed by atoms with Gasteiger partial charge in [-0.15, -0.1) is 0 Å². The SMILES string of the molecule is CCC(CC)(c1ccc(OCC(=O)C(C)(C)C)c(C)c1)c1cc2cc(CS(C)(=O)=O)ccc2o1. The van der Waals surface area contributed by atoms with E-state index in [4.69, 9.17) is 9.15 Å². The molecular formula is C28H36O5S. The Morgan fingerprint density at radius 2 is 1.68 bits per heavy atom. The van der Waals surface area contributed by atoms with Gasteiger partial charge in [-0.1, -0.05) is 52.8 Å². The minimum absolute atomic E-state index is 0.00846. The Morgan fingerprint density at radius 3 is 2.24 bits per heavy atom. The van der Waals surface area contributed by atoms with E-state index < -0.39 is 15.3 Å². The van der Waals surface area contributed by atoms with Crippen molar-refractivity contribution in [3.8, 4) is 5.75 Å². The van der Waals surface area contributed by atoms with Gasteiger partial charge in [0.25, 0.3) is 0 Å². The zero-order chi connectivity index (χ0) is 25.3. The number of fused-ring (bicyclic) bond motifs is 1. The fourth-order valence-electron chi connectivity index (χ4n) is 4.34. The number of hydrogen-bond donors (Lipinski definition) is 0. The second-order valence-electron chi connectivity index (χ2n) is 10.3. The van der Waals surface area contributed by atoms with Gasteiger partial charge in [-0.3, -0.25) is 4.79 Å². The molecule has 0 bridgehead atoms. The van der Waals surface area contributed by atoms with Gasteiger partial charge in [0.2, 0.25) is 0 Å². The fraction of sp³-hybridized carbons (Fsp3) is 0.464. The molecule has 0 saturated heterocycles. The fourth-order valence-corrected chi connectivity index (χ4v) is 5.12. The predicted molar refractivity (Wildman–Crippen MR) is 137 cm³/mol. The summed E-state index contributed by atoms with van der Waals surface area (Å²) < 4.78 is 35.6. The first-order chi connectivity index (χ1) is 15.8. The maximum Gasteiger partial charge on any atom is 0.175 e. The highest BCUT2D eigenvalue weighted by Gasteiger charge is 2.35. The number of furan rings is 1. The van der Waals surface area contributed by atoms with Gasteiger partial charge in [0.05, 0.1) is 11.2 Å². The topological polar surface area (TPSA) is 73.6 Å². The number of ether oxygens (including phenoxy) is 1. The van der Waals surface area contributed by atoms with Crippen molar-refractivity contribution in [1.29, 1.82) is 0 Å². The highest BCUT2D eigenvalue weighted by molar-refractivity contribution is 7.89. The molecule has 34 heavy (non-hydrogen) atoms. The number of aryl methyl sites for hydroxylation is 1. The molecule has 6 heteroatoms. The third-order valence-corrected chi connectivity index (χ3v) is 7.47. The molecule has 0 fully saturated rings. The molecule has 0 aliphatic heterocycles. The first-order valence-electron chi connectivity index (χ1n) is 11.8. The quantitative estimate of drug-likeness (QED) is 0.352. The van der Waals surface area contributed by atoms with Gasteiger partial charge in [-0.25, -0.2) is 8.42 Å². The Balaban J connectivity index is 1.96. The number of Topliss-reactive ketones (excluding diaryl/α,β-unsaturated/α-hetero) is 1. The summed E-state index contributed by atoms with van der Waals surface area (Å²) >= 11 is 0. The predicted octanol–water partition coefficient (Wildman–Crippen LogP) is 6.39. The van der Waals surface area contributed by atoms with Gasteiger partial charge < -0.3 is 9.15 Å². The van der Waals surface area contributed by atoms with Gasteiger partial charge >= 0.3 is 0 Å². The van der Waals surface area contributed by atoms with Gasteiger partial charge in [-0.05, 0) is 60.7 Å². The van der Waals surface area contributed by atoms with Crippen molar-refractivity contribution in [2.24, 2.45) is 5.41 Å². The molecule has 0 unspecified atom stereocenters. The maximum atomic E-state index is 12.3. The third kappa shape index (κ3) is 5.54. The molecule has 1 heterocycles. The third-order valence-electron chi connectivity index (χ3n) is 6.61. The summed E-state index contributed by atoms with van der Waals surface area (Å²) in [7, 11) is -3.11. The van der Waals surface area contributed by atoms with Crippen LogP contribution in [0.5, 0.6) is 5.75 Å². The van der Waals surface area contributed by atoms with Crippen LogP contribution in [0.25, 0.3) is 11.0 Å². The molecule has 1 aromatic heterocycles. The first kappa shape index (κ1) is 26.0. The normalized spacial score (nSPS) is 12.8. The lowest BCUT2D eigenvalue weighted by Crippen LogP contribution is -2.27. The number of rotatable bonds is 9. The standard InChI is InChI=1S/C28H36O5S/c1-8-28(9-2,22-11-13-23(19(3)14-22)32-17-25(29)27(4,5)6)26-16-21-15-20(18-34(7,30)31)10-12-24(21)33-26/h10-16H,8-9,17-18H2,1-7H3. The number of carbonyl (C=O) groups is 1. The highest BCUT2D eigenvalue weighted by Crippen LogP contribution is 2.42. The lowest BCUT2D eigenvalue weighted by molar-refractivity contribution is -0.128. The number of ketones is 1. The average molecular weight is 485 g/mol. The van der Waals surface area contributed by atoms with Crippen LogP contribution in [0.1, 0.15) is 69.9 Å². The van der Waals surface area contributed by atoms with Crippen LogP contribution in [-0.4, -0.2) is 27.1 Å². The van der Waals surface area contributed by atoms with Crippen molar-refractivity contribution in [3.05, 3.63) is 64.9 Å². The maximum absolute atomic E-state index is 12.3. The van der Waals surface area contributed by atoms with Gasteiger partial charge in [0.15, 0.2) is 15.6 Å². The van der Waals surface area contributed by atoms with E-state index in [1.807, 2.05) is 58.0 Å². The molecular weight excluding hydrogens is 448 g/mol. The number of carbonyl (C=O) groups excluding carboxylic acids is 1. The molecule has 0 aliphatic carbocycles. The summed E-state index contributed by atoms with van der Waals surface area (Å²) in [5.74, 6) is 1.64. The van der Waals surface area contributed by atoms with Crippen molar-refractivity contribution in [1.82, 2.24) is 0 Å².